The van der Waals surface area contributed by atoms with E-state index in [4.69, 9.17) is 10.5 Å². The largest absolute Gasteiger partial charge is 0.492 e. The minimum absolute atomic E-state index is 0.0293. The quantitative estimate of drug-likeness (QED) is 0.886. The van der Waals surface area contributed by atoms with Crippen molar-refractivity contribution in [3.63, 3.8) is 0 Å². The molecule has 104 valence electrons. The lowest BCUT2D eigenvalue weighted by molar-refractivity contribution is 0.343. The molecule has 0 aliphatic heterocycles. The van der Waals surface area contributed by atoms with E-state index >= 15 is 0 Å². The molecule has 1 aromatic carbocycles. The summed E-state index contributed by atoms with van der Waals surface area (Å²) in [6, 6.07) is 5.51. The van der Waals surface area contributed by atoms with E-state index in [-0.39, 0.29) is 12.3 Å². The Hall–Kier alpha value is -1.76. The molecule has 7 heteroatoms. The lowest BCUT2D eigenvalue weighted by Gasteiger charge is -2.06. The second-order valence-corrected chi connectivity index (χ2v) is 6.57. The first-order chi connectivity index (χ1) is 8.92. The number of anilines is 1. The summed E-state index contributed by atoms with van der Waals surface area (Å²) in [5.41, 5.74) is 7.30. The first-order valence-corrected chi connectivity index (χ1v) is 8.03. The number of ether oxygens (including phenoxy) is 1. The standard InChI is InChI=1S/C12H17N3O3S/c1-3-18-10-6-4-5-9-11(10)14-12(13)15(9)7-8-19(2,16)17/h4-6H,3,7-8H2,1-2H3,(H2,13,14). The van der Waals surface area contributed by atoms with Gasteiger partial charge in [-0.15, -0.1) is 0 Å². The van der Waals surface area contributed by atoms with Crippen LogP contribution in [0.5, 0.6) is 5.75 Å². The molecule has 0 atom stereocenters. The third kappa shape index (κ3) is 2.98. The average Bonchev–Trinajstić information content (AvgIpc) is 2.63. The van der Waals surface area contributed by atoms with Gasteiger partial charge in [0.2, 0.25) is 5.95 Å². The molecule has 2 rings (SSSR count). The van der Waals surface area contributed by atoms with Gasteiger partial charge < -0.3 is 15.0 Å². The van der Waals surface area contributed by atoms with Gasteiger partial charge in [0.15, 0.2) is 0 Å². The molecular weight excluding hydrogens is 266 g/mol. The number of fused-ring (bicyclic) bond motifs is 1. The third-order valence-electron chi connectivity index (χ3n) is 2.76. The Bertz CT molecular complexity index is 692. The molecule has 6 nitrogen and oxygen atoms in total. The molecule has 1 aromatic heterocycles. The lowest BCUT2D eigenvalue weighted by Crippen LogP contribution is -2.12. The molecule has 0 saturated heterocycles. The summed E-state index contributed by atoms with van der Waals surface area (Å²) < 4.78 is 29.7. The monoisotopic (exact) mass is 283 g/mol. The fourth-order valence-electron chi connectivity index (χ4n) is 1.90. The van der Waals surface area contributed by atoms with Crippen LogP contribution in [0.1, 0.15) is 6.92 Å². The number of nitrogen functional groups attached to an aromatic ring is 1. The van der Waals surface area contributed by atoms with Crippen LogP contribution >= 0.6 is 0 Å². The molecule has 0 fully saturated rings. The van der Waals surface area contributed by atoms with Gasteiger partial charge in [0.1, 0.15) is 21.1 Å². The minimum Gasteiger partial charge on any atom is -0.492 e. The Morgan fingerprint density at radius 2 is 2.16 bits per heavy atom. The minimum atomic E-state index is -3.04. The number of sulfone groups is 1. The van der Waals surface area contributed by atoms with E-state index in [2.05, 4.69) is 4.98 Å². The molecule has 0 radical (unpaired) electrons. The fraction of sp³-hybridized carbons (Fsp3) is 0.417. The van der Waals surface area contributed by atoms with Crippen molar-refractivity contribution < 1.29 is 13.2 Å². The Kier molecular flexibility index (Phi) is 3.66. The van der Waals surface area contributed by atoms with Crippen molar-refractivity contribution in [2.75, 3.05) is 24.3 Å². The highest BCUT2D eigenvalue weighted by Gasteiger charge is 2.13. The molecule has 0 bridgehead atoms. The Balaban J connectivity index is 2.44. The third-order valence-corrected chi connectivity index (χ3v) is 3.68. The molecular formula is C12H17N3O3S. The zero-order valence-electron chi connectivity index (χ0n) is 11.0. The molecule has 1 heterocycles. The van der Waals surface area contributed by atoms with E-state index in [9.17, 15) is 8.42 Å². The SMILES string of the molecule is CCOc1cccc2c1nc(N)n2CCS(C)(=O)=O. The Morgan fingerprint density at radius 1 is 1.42 bits per heavy atom. The summed E-state index contributed by atoms with van der Waals surface area (Å²) in [5, 5.41) is 0. The number of rotatable bonds is 5. The summed E-state index contributed by atoms with van der Waals surface area (Å²) in [7, 11) is -3.04. The van der Waals surface area contributed by atoms with Crippen LogP contribution in [0.4, 0.5) is 5.95 Å². The van der Waals surface area contributed by atoms with Gasteiger partial charge >= 0.3 is 0 Å². The summed E-state index contributed by atoms with van der Waals surface area (Å²) in [5.74, 6) is 0.984. The number of imidazole rings is 1. The number of aromatic nitrogens is 2. The van der Waals surface area contributed by atoms with Gasteiger partial charge in [-0.3, -0.25) is 0 Å². The number of hydrogen-bond donors (Lipinski definition) is 1. The van der Waals surface area contributed by atoms with Crippen molar-refractivity contribution >= 4 is 26.8 Å². The van der Waals surface area contributed by atoms with E-state index in [0.717, 1.165) is 5.52 Å². The van der Waals surface area contributed by atoms with Crippen molar-refractivity contribution in [3.8, 4) is 5.75 Å². The van der Waals surface area contributed by atoms with Crippen LogP contribution in [0.15, 0.2) is 18.2 Å². The smallest absolute Gasteiger partial charge is 0.201 e. The topological polar surface area (TPSA) is 87.2 Å². The highest BCUT2D eigenvalue weighted by Crippen LogP contribution is 2.27. The second kappa shape index (κ2) is 5.08. The number of benzene rings is 1. The van der Waals surface area contributed by atoms with Crippen LogP contribution in [0.2, 0.25) is 0 Å². The van der Waals surface area contributed by atoms with E-state index < -0.39 is 9.84 Å². The first-order valence-electron chi connectivity index (χ1n) is 5.97. The molecule has 0 aliphatic carbocycles. The number of nitrogens with zero attached hydrogens (tertiary/aromatic N) is 2. The van der Waals surface area contributed by atoms with E-state index in [1.54, 1.807) is 4.57 Å². The van der Waals surface area contributed by atoms with Crippen molar-refractivity contribution in [2.24, 2.45) is 0 Å². The average molecular weight is 283 g/mol. The van der Waals surface area contributed by atoms with Gasteiger partial charge in [0.25, 0.3) is 0 Å². The molecule has 0 unspecified atom stereocenters. The fourth-order valence-corrected chi connectivity index (χ4v) is 2.42. The Morgan fingerprint density at radius 3 is 2.79 bits per heavy atom. The highest BCUT2D eigenvalue weighted by molar-refractivity contribution is 7.90. The molecule has 0 aliphatic rings. The van der Waals surface area contributed by atoms with E-state index in [1.807, 2.05) is 25.1 Å². The van der Waals surface area contributed by atoms with Crippen LogP contribution in [0, 0.1) is 0 Å². The number of aryl methyl sites for hydroxylation is 1. The molecule has 2 aromatic rings. The van der Waals surface area contributed by atoms with Crippen LogP contribution in [-0.4, -0.2) is 36.6 Å². The second-order valence-electron chi connectivity index (χ2n) is 4.31. The van der Waals surface area contributed by atoms with Crippen LogP contribution in [-0.2, 0) is 16.4 Å². The molecule has 0 saturated carbocycles. The summed E-state index contributed by atoms with van der Waals surface area (Å²) in [6.07, 6.45) is 1.20. The van der Waals surface area contributed by atoms with Gasteiger partial charge in [0.05, 0.1) is 17.9 Å². The van der Waals surface area contributed by atoms with Gasteiger partial charge in [-0.25, -0.2) is 13.4 Å². The number of nitrogens with two attached hydrogens (primary N) is 1. The number of hydrogen-bond acceptors (Lipinski definition) is 5. The van der Waals surface area contributed by atoms with Crippen molar-refractivity contribution in [2.45, 2.75) is 13.5 Å². The molecule has 0 spiro atoms. The first kappa shape index (κ1) is 13.7. The summed E-state index contributed by atoms with van der Waals surface area (Å²) in [6.45, 7) is 2.72. The van der Waals surface area contributed by atoms with Gasteiger partial charge in [-0.2, -0.15) is 0 Å². The number of para-hydroxylation sites is 1. The van der Waals surface area contributed by atoms with Crippen LogP contribution in [0.25, 0.3) is 11.0 Å². The summed E-state index contributed by atoms with van der Waals surface area (Å²) >= 11 is 0. The van der Waals surface area contributed by atoms with Crippen LogP contribution < -0.4 is 10.5 Å². The zero-order chi connectivity index (χ0) is 14.0. The molecule has 0 amide bonds. The maximum absolute atomic E-state index is 11.2. The van der Waals surface area contributed by atoms with Crippen molar-refractivity contribution in [1.29, 1.82) is 0 Å². The van der Waals surface area contributed by atoms with Crippen molar-refractivity contribution in [3.05, 3.63) is 18.2 Å². The predicted molar refractivity (Wildman–Crippen MR) is 75.0 cm³/mol. The van der Waals surface area contributed by atoms with Crippen molar-refractivity contribution in [1.82, 2.24) is 9.55 Å². The predicted octanol–water partition coefficient (Wildman–Crippen LogP) is 1.06. The van der Waals surface area contributed by atoms with Gasteiger partial charge in [-0.1, -0.05) is 6.07 Å². The van der Waals surface area contributed by atoms with E-state index in [1.165, 1.54) is 6.26 Å². The maximum atomic E-state index is 11.2. The summed E-state index contributed by atoms with van der Waals surface area (Å²) in [4.78, 5) is 4.25. The lowest BCUT2D eigenvalue weighted by atomic mass is 10.3. The maximum Gasteiger partial charge on any atom is 0.201 e. The van der Waals surface area contributed by atoms with Gasteiger partial charge in [-0.05, 0) is 19.1 Å². The van der Waals surface area contributed by atoms with Gasteiger partial charge in [0, 0.05) is 12.8 Å². The van der Waals surface area contributed by atoms with E-state index in [0.29, 0.717) is 23.8 Å². The Labute approximate surface area is 112 Å². The zero-order valence-corrected chi connectivity index (χ0v) is 11.8. The normalized spacial score (nSPS) is 11.9. The molecule has 2 N–H and O–H groups in total. The highest BCUT2D eigenvalue weighted by atomic mass is 32.2. The molecule has 19 heavy (non-hydrogen) atoms. The van der Waals surface area contributed by atoms with Crippen LogP contribution in [0.3, 0.4) is 0 Å².